The lowest BCUT2D eigenvalue weighted by molar-refractivity contribution is -0.139. The molecule has 5 rings (SSSR count). The van der Waals surface area contributed by atoms with Crippen molar-refractivity contribution < 1.29 is 38.6 Å². The number of piperidine rings is 2. The maximum atomic E-state index is 13.4. The number of amides is 4. The number of anilines is 1. The minimum absolute atomic E-state index is 0.105. The third kappa shape index (κ3) is 8.55. The first-order valence-corrected chi connectivity index (χ1v) is 17.2. The molecule has 270 valence electrons. The zero-order chi connectivity index (χ0) is 36.3. The van der Waals surface area contributed by atoms with E-state index in [1.54, 1.807) is 25.7 Å². The molecule has 3 aliphatic rings. The maximum absolute atomic E-state index is 13.4. The molecule has 0 spiro atoms. The molecule has 3 heterocycles. The summed E-state index contributed by atoms with van der Waals surface area (Å²) in [4.78, 5) is 67.9. The van der Waals surface area contributed by atoms with Crippen LogP contribution in [0.25, 0.3) is 0 Å². The zero-order valence-corrected chi connectivity index (χ0v) is 29.7. The Hall–Kier alpha value is -4.65. The van der Waals surface area contributed by atoms with Gasteiger partial charge in [0.15, 0.2) is 5.72 Å². The lowest BCUT2D eigenvalue weighted by atomic mass is 9.79. The second-order valence-electron chi connectivity index (χ2n) is 14.8. The average molecular weight is 692 g/mol. The van der Waals surface area contributed by atoms with Crippen molar-refractivity contribution in [3.8, 4) is 0 Å². The number of methoxy groups -OCH3 is 1. The van der Waals surface area contributed by atoms with Crippen LogP contribution < -0.4 is 10.6 Å². The molecule has 0 aromatic heterocycles. The van der Waals surface area contributed by atoms with Crippen LogP contribution in [0.4, 0.5) is 15.3 Å². The number of fused-ring (bicyclic) bond motifs is 1. The van der Waals surface area contributed by atoms with Gasteiger partial charge in [-0.3, -0.25) is 14.5 Å². The molecular weight excluding hydrogens is 642 g/mol. The molecule has 2 fully saturated rings. The van der Waals surface area contributed by atoms with Crippen molar-refractivity contribution in [3.63, 3.8) is 0 Å². The van der Waals surface area contributed by atoms with E-state index in [0.717, 1.165) is 31.6 Å². The second-order valence-corrected chi connectivity index (χ2v) is 14.8. The topological polar surface area (TPSA) is 158 Å². The molecule has 0 aliphatic carbocycles. The monoisotopic (exact) mass is 691 g/mol. The summed E-state index contributed by atoms with van der Waals surface area (Å²) in [5.74, 6) is -0.716. The Kier molecular flexibility index (Phi) is 10.8. The van der Waals surface area contributed by atoms with E-state index in [1.807, 2.05) is 49.4 Å². The Morgan fingerprint density at radius 3 is 2.02 bits per heavy atom. The van der Waals surface area contributed by atoms with Gasteiger partial charge in [0.1, 0.15) is 0 Å². The molecule has 50 heavy (non-hydrogen) atoms. The first-order valence-electron chi connectivity index (χ1n) is 17.2. The summed E-state index contributed by atoms with van der Waals surface area (Å²) in [6, 6.07) is 13.6. The zero-order valence-electron chi connectivity index (χ0n) is 29.7. The molecule has 0 radical (unpaired) electrons. The molecule has 3 aliphatic heterocycles. The molecule has 13 heteroatoms. The largest absolute Gasteiger partial charge is 0.465 e. The van der Waals surface area contributed by atoms with Crippen molar-refractivity contribution >= 4 is 35.7 Å². The highest BCUT2D eigenvalue weighted by atomic mass is 16.6. The highest BCUT2D eigenvalue weighted by Crippen LogP contribution is 2.34. The number of likely N-dealkylation sites (tertiary alicyclic amines) is 2. The van der Waals surface area contributed by atoms with Crippen molar-refractivity contribution in [2.45, 2.75) is 78.6 Å². The number of carbonyl (C=O) groups is 5. The van der Waals surface area contributed by atoms with Gasteiger partial charge in [-0.25, -0.2) is 14.4 Å². The van der Waals surface area contributed by atoms with Crippen molar-refractivity contribution in [3.05, 3.63) is 64.7 Å². The fourth-order valence-electron chi connectivity index (χ4n) is 6.79. The van der Waals surface area contributed by atoms with Gasteiger partial charge >= 0.3 is 18.2 Å². The first kappa shape index (κ1) is 36.6. The third-order valence-corrected chi connectivity index (χ3v) is 10.5. The molecule has 13 nitrogen and oxygen atoms in total. The number of rotatable bonds is 8. The number of carbonyl (C=O) groups excluding carboxylic acids is 4. The predicted octanol–water partition coefficient (Wildman–Crippen LogP) is 4.84. The van der Waals surface area contributed by atoms with Crippen molar-refractivity contribution in [2.24, 2.45) is 10.8 Å². The fraction of sp³-hybridized carbons (Fsp3) is 0.541. The van der Waals surface area contributed by atoms with Crippen molar-refractivity contribution in [2.75, 3.05) is 45.2 Å². The van der Waals surface area contributed by atoms with Crippen molar-refractivity contribution in [1.29, 1.82) is 0 Å². The Balaban J connectivity index is 1.07. The van der Waals surface area contributed by atoms with E-state index in [9.17, 15) is 29.1 Å². The Labute approximate surface area is 293 Å². The summed E-state index contributed by atoms with van der Waals surface area (Å²) >= 11 is 0. The van der Waals surface area contributed by atoms with E-state index >= 15 is 0 Å². The van der Waals surface area contributed by atoms with Gasteiger partial charge < -0.3 is 35.0 Å². The molecule has 0 atom stereocenters. The maximum Gasteiger partial charge on any atom is 0.411 e. The molecule has 4 amide bonds. The number of hydrogen-bond donors (Lipinski definition) is 3. The van der Waals surface area contributed by atoms with Crippen LogP contribution in [-0.4, -0.2) is 95.3 Å². The van der Waals surface area contributed by atoms with Gasteiger partial charge in [0.25, 0.3) is 0 Å². The van der Waals surface area contributed by atoms with E-state index in [4.69, 9.17) is 9.47 Å². The number of nitrogens with zero attached hydrogens (tertiary/aromatic N) is 3. The molecule has 0 bridgehead atoms. The highest BCUT2D eigenvalue weighted by Gasteiger charge is 2.42. The average Bonchev–Trinajstić information content (AvgIpc) is 3.08. The van der Waals surface area contributed by atoms with E-state index in [-0.39, 0.29) is 30.9 Å². The van der Waals surface area contributed by atoms with Gasteiger partial charge in [-0.05, 0) is 86.9 Å². The van der Waals surface area contributed by atoms with Gasteiger partial charge in [-0.2, -0.15) is 0 Å². The minimum atomic E-state index is -1.28. The summed E-state index contributed by atoms with van der Waals surface area (Å²) in [5.41, 5.74) is 2.08. The Bertz CT molecular complexity index is 1610. The normalized spacial score (nSPS) is 18.7. The van der Waals surface area contributed by atoms with Crippen LogP contribution in [0.15, 0.2) is 42.5 Å². The van der Waals surface area contributed by atoms with Crippen LogP contribution in [0, 0.1) is 10.8 Å². The molecule has 2 aromatic carbocycles. The Morgan fingerprint density at radius 2 is 1.42 bits per heavy atom. The van der Waals surface area contributed by atoms with E-state index in [0.29, 0.717) is 50.0 Å². The highest BCUT2D eigenvalue weighted by molar-refractivity contribution is 5.95. The van der Waals surface area contributed by atoms with Gasteiger partial charge in [-0.1, -0.05) is 32.0 Å². The standard InChI is InChI=1S/C37H49N5O8/c1-35(2,39-32(45)37(4)13-18-41(19-14-37)33(46)47)50-34(48)42-20-15-36(3,16-21-42)31(44)38-29-10-6-25(7-11-29)23-40-17-12-26-22-27(30(43)49-5)8-9-28(26)24-40/h6-11,22H,12-21,23-24H2,1-5H3,(H,38,44)(H,39,45)(H,46,47). The van der Waals surface area contributed by atoms with Gasteiger partial charge in [0, 0.05) is 56.9 Å². The van der Waals surface area contributed by atoms with Gasteiger partial charge in [0.05, 0.1) is 18.1 Å². The smallest absolute Gasteiger partial charge is 0.411 e. The number of esters is 1. The van der Waals surface area contributed by atoms with Crippen LogP contribution in [0.2, 0.25) is 0 Å². The number of nitrogens with one attached hydrogen (secondary N) is 2. The summed E-state index contributed by atoms with van der Waals surface area (Å²) in [5, 5.41) is 15.1. The molecule has 0 unspecified atom stereocenters. The quantitative estimate of drug-likeness (QED) is 0.260. The van der Waals surface area contributed by atoms with Crippen molar-refractivity contribution in [1.82, 2.24) is 20.0 Å². The van der Waals surface area contributed by atoms with E-state index in [2.05, 4.69) is 15.5 Å². The predicted molar refractivity (Wildman–Crippen MR) is 185 cm³/mol. The molecule has 2 aromatic rings. The number of carboxylic acid groups (broad SMARTS) is 1. The molecule has 2 saturated heterocycles. The SMILES string of the molecule is COC(=O)c1ccc2c(c1)CCN(Cc1ccc(NC(=O)C3(C)CCN(C(=O)OC(C)(C)NC(=O)C4(C)CCN(C(=O)O)CC4)CC3)cc1)C2. The summed E-state index contributed by atoms with van der Waals surface area (Å²) in [6.45, 7) is 10.5. The lowest BCUT2D eigenvalue weighted by Crippen LogP contribution is -2.56. The fourth-order valence-corrected chi connectivity index (χ4v) is 6.79. The van der Waals surface area contributed by atoms with Gasteiger partial charge in [0.2, 0.25) is 11.8 Å². The molecule has 0 saturated carbocycles. The lowest BCUT2D eigenvalue weighted by Gasteiger charge is -2.41. The van der Waals surface area contributed by atoms with Crippen LogP contribution in [-0.2, 0) is 38.6 Å². The summed E-state index contributed by atoms with van der Waals surface area (Å²) in [6.07, 6.45) is 0.949. The summed E-state index contributed by atoms with van der Waals surface area (Å²) in [7, 11) is 1.39. The number of benzene rings is 2. The van der Waals surface area contributed by atoms with Crippen LogP contribution in [0.3, 0.4) is 0 Å². The number of hydrogen-bond acceptors (Lipinski definition) is 8. The van der Waals surface area contributed by atoms with Crippen LogP contribution in [0.5, 0.6) is 0 Å². The minimum Gasteiger partial charge on any atom is -0.465 e. The number of ether oxygens (including phenoxy) is 2. The first-order chi connectivity index (χ1) is 23.6. The molecule has 3 N–H and O–H groups in total. The van der Waals surface area contributed by atoms with E-state index in [1.165, 1.54) is 23.1 Å². The second kappa shape index (κ2) is 14.7. The van der Waals surface area contributed by atoms with Gasteiger partial charge in [-0.15, -0.1) is 0 Å². The molecular formula is C37H49N5O8. The van der Waals surface area contributed by atoms with Crippen LogP contribution >= 0.6 is 0 Å². The Morgan fingerprint density at radius 1 is 0.820 bits per heavy atom. The van der Waals surface area contributed by atoms with Crippen LogP contribution in [0.1, 0.15) is 80.4 Å². The third-order valence-electron chi connectivity index (χ3n) is 10.5. The summed E-state index contributed by atoms with van der Waals surface area (Å²) < 4.78 is 10.5. The van der Waals surface area contributed by atoms with E-state index < -0.39 is 28.7 Å².